The number of sulfonamides is 1. The summed E-state index contributed by atoms with van der Waals surface area (Å²) in [5.41, 5.74) is 0.607. The molecule has 1 amide bonds. The number of rotatable bonds is 5. The molecule has 27 heavy (non-hydrogen) atoms. The summed E-state index contributed by atoms with van der Waals surface area (Å²) in [7, 11) is -2.05. The average molecular weight is 453 g/mol. The van der Waals surface area contributed by atoms with Crippen LogP contribution in [0, 0.1) is 0 Å². The van der Waals surface area contributed by atoms with Gasteiger partial charge < -0.3 is 10.1 Å². The van der Waals surface area contributed by atoms with E-state index in [1.807, 2.05) is 18.2 Å². The van der Waals surface area contributed by atoms with Crippen LogP contribution in [-0.4, -0.2) is 44.9 Å². The van der Waals surface area contributed by atoms with Crippen molar-refractivity contribution in [3.8, 4) is 5.75 Å². The van der Waals surface area contributed by atoms with E-state index in [4.69, 9.17) is 4.74 Å². The summed E-state index contributed by atoms with van der Waals surface area (Å²) in [5.74, 6) is 0.451. The third-order valence-electron chi connectivity index (χ3n) is 4.59. The molecule has 1 aliphatic heterocycles. The molecule has 1 fully saturated rings. The lowest BCUT2D eigenvalue weighted by atomic mass is 10.1. The number of benzene rings is 2. The van der Waals surface area contributed by atoms with Crippen molar-refractivity contribution in [3.63, 3.8) is 0 Å². The van der Waals surface area contributed by atoms with Crippen molar-refractivity contribution in [1.29, 1.82) is 0 Å². The molecule has 6 nitrogen and oxygen atoms in total. The Labute approximate surface area is 167 Å². The van der Waals surface area contributed by atoms with Crippen LogP contribution in [-0.2, 0) is 10.0 Å². The standard InChI is InChI=1S/C19H21BrN2O4S/c1-26-18-8-7-16(13-17(18)20)27(24,25)22-11-9-15(10-12-22)21-19(23)14-5-3-2-4-6-14/h2-8,13,15H,9-12H2,1H3,(H,21,23). The van der Waals surface area contributed by atoms with Gasteiger partial charge in [-0.15, -0.1) is 0 Å². The van der Waals surface area contributed by atoms with E-state index in [1.165, 1.54) is 11.4 Å². The highest BCUT2D eigenvalue weighted by atomic mass is 79.9. The molecule has 1 N–H and O–H groups in total. The maximum Gasteiger partial charge on any atom is 0.251 e. The zero-order chi connectivity index (χ0) is 19.4. The maximum atomic E-state index is 12.9. The molecule has 2 aromatic carbocycles. The summed E-state index contributed by atoms with van der Waals surface area (Å²) in [6.07, 6.45) is 1.16. The Kier molecular flexibility index (Phi) is 6.18. The van der Waals surface area contributed by atoms with Gasteiger partial charge in [-0.1, -0.05) is 18.2 Å². The molecule has 1 saturated heterocycles. The summed E-state index contributed by atoms with van der Waals surface area (Å²) in [5, 5.41) is 2.99. The largest absolute Gasteiger partial charge is 0.496 e. The Bertz CT molecular complexity index is 911. The van der Waals surface area contributed by atoms with Gasteiger partial charge in [-0.3, -0.25) is 4.79 Å². The quantitative estimate of drug-likeness (QED) is 0.756. The van der Waals surface area contributed by atoms with Crippen LogP contribution in [0.2, 0.25) is 0 Å². The van der Waals surface area contributed by atoms with E-state index in [-0.39, 0.29) is 16.8 Å². The minimum atomic E-state index is -3.58. The fraction of sp³-hybridized carbons (Fsp3) is 0.316. The van der Waals surface area contributed by atoms with Gasteiger partial charge >= 0.3 is 0 Å². The number of nitrogens with zero attached hydrogens (tertiary/aromatic N) is 1. The van der Waals surface area contributed by atoms with E-state index < -0.39 is 10.0 Å². The van der Waals surface area contributed by atoms with E-state index in [0.717, 1.165) is 0 Å². The van der Waals surface area contributed by atoms with E-state index in [9.17, 15) is 13.2 Å². The van der Waals surface area contributed by atoms with Gasteiger partial charge in [0.15, 0.2) is 0 Å². The molecule has 8 heteroatoms. The van der Waals surface area contributed by atoms with E-state index >= 15 is 0 Å². The van der Waals surface area contributed by atoms with Crippen molar-refractivity contribution in [2.24, 2.45) is 0 Å². The topological polar surface area (TPSA) is 75.7 Å². The van der Waals surface area contributed by atoms with Gasteiger partial charge in [0.05, 0.1) is 16.5 Å². The van der Waals surface area contributed by atoms with Gasteiger partial charge in [0.25, 0.3) is 5.91 Å². The number of nitrogens with one attached hydrogen (secondary N) is 1. The fourth-order valence-electron chi connectivity index (χ4n) is 3.06. The number of carbonyl (C=O) groups excluding carboxylic acids is 1. The van der Waals surface area contributed by atoms with E-state index in [0.29, 0.717) is 41.7 Å². The molecule has 1 aliphatic rings. The van der Waals surface area contributed by atoms with E-state index in [1.54, 1.807) is 30.3 Å². The molecule has 1 heterocycles. The number of ether oxygens (including phenoxy) is 1. The molecular formula is C19H21BrN2O4S. The first-order chi connectivity index (χ1) is 12.9. The predicted octanol–water partition coefficient (Wildman–Crippen LogP) is 3.04. The number of amides is 1. The van der Waals surface area contributed by atoms with Crippen molar-refractivity contribution >= 4 is 31.9 Å². The highest BCUT2D eigenvalue weighted by Crippen LogP contribution is 2.29. The number of halogens is 1. The van der Waals surface area contributed by atoms with Crippen LogP contribution in [0.3, 0.4) is 0 Å². The number of methoxy groups -OCH3 is 1. The van der Waals surface area contributed by atoms with Crippen molar-refractivity contribution in [2.75, 3.05) is 20.2 Å². The monoisotopic (exact) mass is 452 g/mol. The van der Waals surface area contributed by atoms with Crippen molar-refractivity contribution < 1.29 is 17.9 Å². The molecule has 0 saturated carbocycles. The molecular weight excluding hydrogens is 432 g/mol. The van der Waals surface area contributed by atoms with Crippen LogP contribution in [0.4, 0.5) is 0 Å². The Hall–Kier alpha value is -1.90. The minimum absolute atomic E-state index is 0.0354. The summed E-state index contributed by atoms with van der Waals surface area (Å²) in [6, 6.07) is 13.7. The summed E-state index contributed by atoms with van der Waals surface area (Å²) < 4.78 is 32.9. The summed E-state index contributed by atoms with van der Waals surface area (Å²) in [6.45, 7) is 0.734. The summed E-state index contributed by atoms with van der Waals surface area (Å²) in [4.78, 5) is 12.5. The number of hydrogen-bond donors (Lipinski definition) is 1. The number of piperidine rings is 1. The van der Waals surface area contributed by atoms with Gasteiger partial charge in [0, 0.05) is 24.7 Å². The molecule has 2 aromatic rings. The van der Waals surface area contributed by atoms with Gasteiger partial charge in [-0.05, 0) is 59.1 Å². The lowest BCUT2D eigenvalue weighted by molar-refractivity contribution is 0.0924. The lowest BCUT2D eigenvalue weighted by Crippen LogP contribution is -2.46. The third kappa shape index (κ3) is 4.51. The molecule has 0 aliphatic carbocycles. The third-order valence-corrected chi connectivity index (χ3v) is 7.10. The first-order valence-electron chi connectivity index (χ1n) is 8.61. The highest BCUT2D eigenvalue weighted by Gasteiger charge is 2.30. The average Bonchev–Trinajstić information content (AvgIpc) is 2.69. The Balaban J connectivity index is 1.63. The van der Waals surface area contributed by atoms with Crippen LogP contribution in [0.25, 0.3) is 0 Å². The molecule has 0 aromatic heterocycles. The first kappa shape index (κ1) is 19.9. The second-order valence-corrected chi connectivity index (χ2v) is 9.11. The second-order valence-electron chi connectivity index (χ2n) is 6.31. The molecule has 0 bridgehead atoms. The van der Waals surface area contributed by atoms with E-state index in [2.05, 4.69) is 21.2 Å². The van der Waals surface area contributed by atoms with Crippen LogP contribution >= 0.6 is 15.9 Å². The van der Waals surface area contributed by atoms with Gasteiger partial charge in [0.1, 0.15) is 5.75 Å². The fourth-order valence-corrected chi connectivity index (χ4v) is 5.24. The van der Waals surface area contributed by atoms with Crippen molar-refractivity contribution in [3.05, 3.63) is 58.6 Å². The van der Waals surface area contributed by atoms with Gasteiger partial charge in [0.2, 0.25) is 10.0 Å². The maximum absolute atomic E-state index is 12.9. The Morgan fingerprint density at radius 1 is 1.15 bits per heavy atom. The molecule has 144 valence electrons. The van der Waals surface area contributed by atoms with Crippen molar-refractivity contribution in [1.82, 2.24) is 9.62 Å². The Morgan fingerprint density at radius 2 is 1.81 bits per heavy atom. The zero-order valence-corrected chi connectivity index (χ0v) is 17.3. The van der Waals surface area contributed by atoms with Crippen LogP contribution in [0.1, 0.15) is 23.2 Å². The Morgan fingerprint density at radius 3 is 2.41 bits per heavy atom. The SMILES string of the molecule is COc1ccc(S(=O)(=O)N2CCC(NC(=O)c3ccccc3)CC2)cc1Br. The van der Waals surface area contributed by atoms with Crippen LogP contribution < -0.4 is 10.1 Å². The molecule has 0 unspecified atom stereocenters. The van der Waals surface area contributed by atoms with Crippen LogP contribution in [0.5, 0.6) is 5.75 Å². The zero-order valence-electron chi connectivity index (χ0n) is 14.9. The highest BCUT2D eigenvalue weighted by molar-refractivity contribution is 9.10. The van der Waals surface area contributed by atoms with Gasteiger partial charge in [-0.25, -0.2) is 8.42 Å². The molecule has 0 atom stereocenters. The smallest absolute Gasteiger partial charge is 0.251 e. The normalized spacial score (nSPS) is 16.1. The van der Waals surface area contributed by atoms with Crippen molar-refractivity contribution in [2.45, 2.75) is 23.8 Å². The second kappa shape index (κ2) is 8.41. The minimum Gasteiger partial charge on any atom is -0.496 e. The predicted molar refractivity (Wildman–Crippen MR) is 106 cm³/mol. The molecule has 0 spiro atoms. The molecule has 0 radical (unpaired) electrons. The molecule has 3 rings (SSSR count). The number of carbonyl (C=O) groups is 1. The number of hydrogen-bond acceptors (Lipinski definition) is 4. The summed E-state index contributed by atoms with van der Waals surface area (Å²) >= 11 is 3.33. The first-order valence-corrected chi connectivity index (χ1v) is 10.8. The van der Waals surface area contributed by atoms with Gasteiger partial charge in [-0.2, -0.15) is 4.31 Å². The lowest BCUT2D eigenvalue weighted by Gasteiger charge is -2.31. The van der Waals surface area contributed by atoms with Crippen LogP contribution in [0.15, 0.2) is 57.9 Å².